The Kier molecular flexibility index (Phi) is 4.07. The first-order valence-corrected chi connectivity index (χ1v) is 8.86. The molecule has 0 saturated carbocycles. The second-order valence-corrected chi connectivity index (χ2v) is 7.44. The van der Waals surface area contributed by atoms with E-state index in [0.717, 1.165) is 0 Å². The fourth-order valence-electron chi connectivity index (χ4n) is 1.90. The van der Waals surface area contributed by atoms with Gasteiger partial charge in [0.25, 0.3) is 5.91 Å². The van der Waals surface area contributed by atoms with E-state index in [4.69, 9.17) is 0 Å². The van der Waals surface area contributed by atoms with Crippen LogP contribution in [0.1, 0.15) is 10.5 Å². The van der Waals surface area contributed by atoms with Crippen molar-refractivity contribution in [3.63, 3.8) is 0 Å². The highest BCUT2D eigenvalue weighted by atomic mass is 32.2. The van der Waals surface area contributed by atoms with Gasteiger partial charge in [0.1, 0.15) is 5.69 Å². The van der Waals surface area contributed by atoms with Gasteiger partial charge in [-0.3, -0.25) is 15.1 Å². The van der Waals surface area contributed by atoms with Crippen molar-refractivity contribution in [1.29, 1.82) is 0 Å². The van der Waals surface area contributed by atoms with E-state index in [1.807, 2.05) is 0 Å². The highest BCUT2D eigenvalue weighted by Crippen LogP contribution is 2.28. The number of rotatable bonds is 4. The van der Waals surface area contributed by atoms with Crippen LogP contribution >= 0.6 is 11.3 Å². The van der Waals surface area contributed by atoms with Crippen molar-refractivity contribution in [3.8, 4) is 0 Å². The molecular weight excluding hydrogens is 336 g/mol. The summed E-state index contributed by atoms with van der Waals surface area (Å²) in [7, 11) is -2.16. The summed E-state index contributed by atoms with van der Waals surface area (Å²) in [5.74, 6) is -0.368. The number of amides is 1. The van der Waals surface area contributed by atoms with Crippen LogP contribution < -0.4 is 10.0 Å². The largest absolute Gasteiger partial charge is 0.296 e. The van der Waals surface area contributed by atoms with Crippen LogP contribution in [0.5, 0.6) is 0 Å². The van der Waals surface area contributed by atoms with Crippen molar-refractivity contribution in [2.75, 3.05) is 12.4 Å². The second kappa shape index (κ2) is 6.03. The normalized spacial score (nSPS) is 11.5. The summed E-state index contributed by atoms with van der Waals surface area (Å²) in [4.78, 5) is 20.4. The Hall–Kier alpha value is -2.36. The number of pyridine rings is 1. The summed E-state index contributed by atoms with van der Waals surface area (Å²) in [5, 5.41) is 3.04. The van der Waals surface area contributed by atoms with Gasteiger partial charge >= 0.3 is 0 Å². The summed E-state index contributed by atoms with van der Waals surface area (Å²) in [5.41, 5.74) is 0.895. The lowest BCUT2D eigenvalue weighted by Gasteiger charge is -2.00. The number of fused-ring (bicyclic) bond motifs is 1. The van der Waals surface area contributed by atoms with Crippen LogP contribution in [0, 0.1) is 0 Å². The highest BCUT2D eigenvalue weighted by molar-refractivity contribution is 7.89. The van der Waals surface area contributed by atoms with Crippen LogP contribution in [-0.2, 0) is 10.0 Å². The Morgan fingerprint density at radius 1 is 1.22 bits per heavy atom. The molecule has 0 saturated heterocycles. The van der Waals surface area contributed by atoms with Crippen LogP contribution in [0.4, 0.5) is 5.13 Å². The third-order valence-electron chi connectivity index (χ3n) is 3.06. The Morgan fingerprint density at radius 3 is 2.74 bits per heavy atom. The lowest BCUT2D eigenvalue weighted by atomic mass is 10.3. The molecule has 0 radical (unpaired) electrons. The molecule has 0 aliphatic heterocycles. The summed E-state index contributed by atoms with van der Waals surface area (Å²) in [6.07, 6.45) is 1.53. The maximum atomic E-state index is 12.1. The number of nitrogens with one attached hydrogen (secondary N) is 2. The topological polar surface area (TPSA) is 101 Å². The summed E-state index contributed by atoms with van der Waals surface area (Å²) in [6, 6.07) is 9.63. The first-order valence-electron chi connectivity index (χ1n) is 6.56. The molecule has 0 unspecified atom stereocenters. The van der Waals surface area contributed by atoms with Gasteiger partial charge < -0.3 is 0 Å². The molecule has 1 aromatic carbocycles. The number of hydrogen-bond acceptors (Lipinski definition) is 6. The van der Waals surface area contributed by atoms with E-state index in [1.165, 1.54) is 36.7 Å². The molecule has 2 aromatic heterocycles. The zero-order valence-electron chi connectivity index (χ0n) is 12.0. The summed E-state index contributed by atoms with van der Waals surface area (Å²) in [6.45, 7) is 0. The fourth-order valence-corrected chi connectivity index (χ4v) is 3.63. The lowest BCUT2D eigenvalue weighted by Crippen LogP contribution is -2.18. The van der Waals surface area contributed by atoms with Crippen molar-refractivity contribution in [3.05, 3.63) is 48.3 Å². The van der Waals surface area contributed by atoms with Crippen molar-refractivity contribution < 1.29 is 13.2 Å². The SMILES string of the molecule is CNS(=O)(=O)c1ccc2nc(NC(=O)c3ccccn3)sc2c1. The van der Waals surface area contributed by atoms with Gasteiger partial charge in [-0.1, -0.05) is 17.4 Å². The minimum absolute atomic E-state index is 0.152. The Bertz CT molecular complexity index is 968. The molecule has 23 heavy (non-hydrogen) atoms. The first kappa shape index (κ1) is 15.5. The molecule has 0 bridgehead atoms. The van der Waals surface area contributed by atoms with Crippen LogP contribution in [0.2, 0.25) is 0 Å². The molecule has 1 amide bonds. The van der Waals surface area contributed by atoms with Gasteiger partial charge in [-0.15, -0.1) is 0 Å². The Balaban J connectivity index is 1.90. The zero-order chi connectivity index (χ0) is 16.4. The number of sulfonamides is 1. The molecule has 7 nitrogen and oxygen atoms in total. The predicted molar refractivity (Wildman–Crippen MR) is 88.1 cm³/mol. The number of anilines is 1. The van der Waals surface area contributed by atoms with Crippen LogP contribution in [0.15, 0.2) is 47.5 Å². The predicted octanol–water partition coefficient (Wildman–Crippen LogP) is 1.85. The van der Waals surface area contributed by atoms with E-state index in [-0.39, 0.29) is 16.5 Å². The Labute approximate surface area is 136 Å². The van der Waals surface area contributed by atoms with Crippen LogP contribution in [0.25, 0.3) is 10.2 Å². The van der Waals surface area contributed by atoms with Crippen molar-refractivity contribution >= 4 is 42.6 Å². The highest BCUT2D eigenvalue weighted by Gasteiger charge is 2.15. The van der Waals surface area contributed by atoms with E-state index in [0.29, 0.717) is 15.3 Å². The summed E-state index contributed by atoms with van der Waals surface area (Å²) >= 11 is 1.20. The molecule has 9 heteroatoms. The van der Waals surface area contributed by atoms with Gasteiger partial charge in [0, 0.05) is 6.20 Å². The van der Waals surface area contributed by atoms with Crippen LogP contribution in [0.3, 0.4) is 0 Å². The van der Waals surface area contributed by atoms with Gasteiger partial charge in [-0.2, -0.15) is 0 Å². The van der Waals surface area contributed by atoms with Gasteiger partial charge in [-0.05, 0) is 37.4 Å². The van der Waals surface area contributed by atoms with Crippen LogP contribution in [-0.4, -0.2) is 31.3 Å². The van der Waals surface area contributed by atoms with Gasteiger partial charge in [-0.25, -0.2) is 18.1 Å². The molecule has 0 spiro atoms. The average Bonchev–Trinajstić information content (AvgIpc) is 2.96. The van der Waals surface area contributed by atoms with Crippen molar-refractivity contribution in [2.24, 2.45) is 0 Å². The molecule has 118 valence electrons. The second-order valence-electron chi connectivity index (χ2n) is 4.53. The molecule has 0 aliphatic carbocycles. The smallest absolute Gasteiger partial charge is 0.276 e. The maximum Gasteiger partial charge on any atom is 0.276 e. The fraction of sp³-hybridized carbons (Fsp3) is 0.0714. The third kappa shape index (κ3) is 3.21. The van der Waals surface area contributed by atoms with E-state index in [1.54, 1.807) is 24.3 Å². The summed E-state index contributed by atoms with van der Waals surface area (Å²) < 4.78 is 26.5. The minimum atomic E-state index is -3.51. The Morgan fingerprint density at radius 2 is 2.04 bits per heavy atom. The van der Waals surface area contributed by atoms with Gasteiger partial charge in [0.15, 0.2) is 5.13 Å². The standard InChI is InChI=1S/C14H12N4O3S2/c1-15-23(20,21)9-5-6-10-12(8-9)22-14(17-10)18-13(19)11-4-2-3-7-16-11/h2-8,15H,1H3,(H,17,18,19). The number of hydrogen-bond donors (Lipinski definition) is 2. The van der Waals surface area contributed by atoms with Crippen molar-refractivity contribution in [1.82, 2.24) is 14.7 Å². The third-order valence-corrected chi connectivity index (χ3v) is 5.40. The first-order chi connectivity index (χ1) is 11.0. The zero-order valence-corrected chi connectivity index (χ0v) is 13.6. The minimum Gasteiger partial charge on any atom is -0.296 e. The van der Waals surface area contributed by atoms with E-state index >= 15 is 0 Å². The number of carbonyl (C=O) groups is 1. The monoisotopic (exact) mass is 348 g/mol. The average molecular weight is 348 g/mol. The molecule has 2 heterocycles. The quantitative estimate of drug-likeness (QED) is 0.749. The molecule has 0 aliphatic rings. The molecule has 3 aromatic rings. The number of carbonyl (C=O) groups excluding carboxylic acids is 1. The molecule has 3 rings (SSSR count). The molecule has 2 N–H and O–H groups in total. The van der Waals surface area contributed by atoms with Crippen molar-refractivity contribution in [2.45, 2.75) is 4.90 Å². The van der Waals surface area contributed by atoms with E-state index in [2.05, 4.69) is 20.0 Å². The molecule has 0 atom stereocenters. The number of aromatic nitrogens is 2. The molecule has 0 fully saturated rings. The van der Waals surface area contributed by atoms with E-state index in [9.17, 15) is 13.2 Å². The van der Waals surface area contributed by atoms with Gasteiger partial charge in [0.2, 0.25) is 10.0 Å². The number of thiazole rings is 1. The van der Waals surface area contributed by atoms with Gasteiger partial charge in [0.05, 0.1) is 15.1 Å². The van der Waals surface area contributed by atoms with E-state index < -0.39 is 10.0 Å². The molecular formula is C14H12N4O3S2. The maximum absolute atomic E-state index is 12.1. The number of benzene rings is 1. The number of nitrogens with zero attached hydrogens (tertiary/aromatic N) is 2. The lowest BCUT2D eigenvalue weighted by molar-refractivity contribution is 0.102.